The summed E-state index contributed by atoms with van der Waals surface area (Å²) in [5.41, 5.74) is 2.02. The monoisotopic (exact) mass is 270 g/mol. The molecule has 2 N–H and O–H groups in total. The molecule has 1 rings (SSSR count). The topological polar surface area (TPSA) is 41.1 Å². The number of anilines is 1. The summed E-state index contributed by atoms with van der Waals surface area (Å²) >= 11 is 3.41. The highest BCUT2D eigenvalue weighted by Crippen LogP contribution is 2.21. The zero-order valence-corrected chi connectivity index (χ0v) is 10.5. The Morgan fingerprint density at radius 3 is 2.80 bits per heavy atom. The van der Waals surface area contributed by atoms with E-state index in [0.717, 1.165) is 22.1 Å². The van der Waals surface area contributed by atoms with Crippen molar-refractivity contribution < 1.29 is 4.79 Å². The molecular weight excluding hydrogens is 256 g/mol. The van der Waals surface area contributed by atoms with Gasteiger partial charge in [-0.25, -0.2) is 0 Å². The van der Waals surface area contributed by atoms with Gasteiger partial charge in [0.05, 0.1) is 6.54 Å². The van der Waals surface area contributed by atoms with Gasteiger partial charge in [-0.1, -0.05) is 22.9 Å². The fourth-order valence-corrected chi connectivity index (χ4v) is 1.74. The van der Waals surface area contributed by atoms with Crippen LogP contribution in [-0.2, 0) is 11.2 Å². The number of amides is 1. The van der Waals surface area contributed by atoms with Crippen molar-refractivity contribution in [2.45, 2.75) is 13.3 Å². The van der Waals surface area contributed by atoms with Crippen LogP contribution in [0.4, 0.5) is 5.69 Å². The third kappa shape index (κ3) is 3.64. The summed E-state index contributed by atoms with van der Waals surface area (Å²) in [6.45, 7) is 2.40. The first-order valence-electron chi connectivity index (χ1n) is 4.90. The number of benzene rings is 1. The molecule has 0 aromatic heterocycles. The van der Waals surface area contributed by atoms with Crippen molar-refractivity contribution in [2.75, 3.05) is 18.9 Å². The second-order valence-electron chi connectivity index (χ2n) is 3.23. The molecule has 0 bridgehead atoms. The molecule has 15 heavy (non-hydrogen) atoms. The molecule has 1 aromatic carbocycles. The van der Waals surface area contributed by atoms with Gasteiger partial charge in [0.25, 0.3) is 0 Å². The lowest BCUT2D eigenvalue weighted by Crippen LogP contribution is -2.25. The van der Waals surface area contributed by atoms with E-state index in [1.807, 2.05) is 18.2 Å². The van der Waals surface area contributed by atoms with Crippen LogP contribution in [0.1, 0.15) is 12.5 Å². The van der Waals surface area contributed by atoms with E-state index in [1.54, 1.807) is 7.05 Å². The molecule has 0 aliphatic rings. The molecule has 1 amide bonds. The second kappa shape index (κ2) is 5.88. The number of hydrogen-bond donors (Lipinski definition) is 2. The Balaban J connectivity index is 2.80. The first-order valence-corrected chi connectivity index (χ1v) is 5.69. The molecule has 0 radical (unpaired) electrons. The van der Waals surface area contributed by atoms with Gasteiger partial charge in [0.15, 0.2) is 0 Å². The highest BCUT2D eigenvalue weighted by Gasteiger charge is 2.05. The number of carbonyl (C=O) groups excluding carboxylic acids is 1. The molecule has 82 valence electrons. The predicted molar refractivity (Wildman–Crippen MR) is 66.1 cm³/mol. The minimum Gasteiger partial charge on any atom is -0.325 e. The van der Waals surface area contributed by atoms with E-state index in [9.17, 15) is 4.79 Å². The van der Waals surface area contributed by atoms with E-state index < -0.39 is 0 Å². The van der Waals surface area contributed by atoms with Gasteiger partial charge < -0.3 is 10.6 Å². The van der Waals surface area contributed by atoms with Gasteiger partial charge in [0.1, 0.15) is 0 Å². The summed E-state index contributed by atoms with van der Waals surface area (Å²) in [7, 11) is 1.75. The fourth-order valence-electron chi connectivity index (χ4n) is 1.33. The van der Waals surface area contributed by atoms with Gasteiger partial charge >= 0.3 is 0 Å². The summed E-state index contributed by atoms with van der Waals surface area (Å²) in [5, 5.41) is 5.68. The third-order valence-electron chi connectivity index (χ3n) is 2.06. The van der Waals surface area contributed by atoms with E-state index in [-0.39, 0.29) is 5.91 Å². The molecule has 0 heterocycles. The number of aryl methyl sites for hydroxylation is 1. The van der Waals surface area contributed by atoms with Gasteiger partial charge in [-0.3, -0.25) is 4.79 Å². The Bertz CT molecular complexity index is 352. The number of nitrogens with one attached hydrogen (secondary N) is 2. The maximum atomic E-state index is 11.4. The summed E-state index contributed by atoms with van der Waals surface area (Å²) < 4.78 is 1.03. The minimum absolute atomic E-state index is 0.0190. The maximum Gasteiger partial charge on any atom is 0.238 e. The zero-order chi connectivity index (χ0) is 11.3. The van der Waals surface area contributed by atoms with Crippen molar-refractivity contribution in [2.24, 2.45) is 0 Å². The molecule has 0 aliphatic carbocycles. The standard InChI is InChI=1S/C11H15BrN2O/c1-3-8-6-9(12)4-5-10(8)14-11(15)7-13-2/h4-6,13H,3,7H2,1-2H3,(H,14,15). The largest absolute Gasteiger partial charge is 0.325 e. The third-order valence-corrected chi connectivity index (χ3v) is 2.55. The first kappa shape index (κ1) is 12.2. The van der Waals surface area contributed by atoms with Gasteiger partial charge in [-0.2, -0.15) is 0 Å². The van der Waals surface area contributed by atoms with Gasteiger partial charge in [-0.05, 0) is 37.2 Å². The van der Waals surface area contributed by atoms with Gasteiger partial charge in [0, 0.05) is 10.2 Å². The average molecular weight is 271 g/mol. The van der Waals surface area contributed by atoms with E-state index in [2.05, 4.69) is 33.5 Å². The molecule has 0 unspecified atom stereocenters. The minimum atomic E-state index is -0.0190. The van der Waals surface area contributed by atoms with Crippen molar-refractivity contribution in [3.63, 3.8) is 0 Å². The van der Waals surface area contributed by atoms with Gasteiger partial charge in [-0.15, -0.1) is 0 Å². The second-order valence-corrected chi connectivity index (χ2v) is 4.15. The highest BCUT2D eigenvalue weighted by molar-refractivity contribution is 9.10. The molecule has 0 spiro atoms. The molecule has 1 aromatic rings. The van der Waals surface area contributed by atoms with Crippen LogP contribution in [0.5, 0.6) is 0 Å². The van der Waals surface area contributed by atoms with E-state index in [4.69, 9.17) is 0 Å². The molecule has 0 saturated heterocycles. The molecule has 4 heteroatoms. The van der Waals surface area contributed by atoms with Crippen LogP contribution in [0.3, 0.4) is 0 Å². The van der Waals surface area contributed by atoms with Crippen molar-refractivity contribution in [3.8, 4) is 0 Å². The summed E-state index contributed by atoms with van der Waals surface area (Å²) in [6.07, 6.45) is 0.897. The lowest BCUT2D eigenvalue weighted by atomic mass is 10.1. The first-order chi connectivity index (χ1) is 7.17. The van der Waals surface area contributed by atoms with Crippen molar-refractivity contribution in [1.82, 2.24) is 5.32 Å². The summed E-state index contributed by atoms with van der Waals surface area (Å²) in [4.78, 5) is 11.4. The molecule has 3 nitrogen and oxygen atoms in total. The van der Waals surface area contributed by atoms with E-state index >= 15 is 0 Å². The molecule has 0 saturated carbocycles. The Morgan fingerprint density at radius 2 is 2.20 bits per heavy atom. The number of hydrogen-bond acceptors (Lipinski definition) is 2. The quantitative estimate of drug-likeness (QED) is 0.881. The highest BCUT2D eigenvalue weighted by atomic mass is 79.9. The maximum absolute atomic E-state index is 11.4. The normalized spacial score (nSPS) is 10.1. The Kier molecular flexibility index (Phi) is 4.78. The van der Waals surface area contributed by atoms with E-state index in [0.29, 0.717) is 6.54 Å². The Morgan fingerprint density at radius 1 is 1.47 bits per heavy atom. The van der Waals surface area contributed by atoms with Crippen LogP contribution in [-0.4, -0.2) is 19.5 Å². The van der Waals surface area contributed by atoms with Crippen LogP contribution >= 0.6 is 15.9 Å². The number of likely N-dealkylation sites (N-methyl/N-ethyl adjacent to an activating group) is 1. The smallest absolute Gasteiger partial charge is 0.238 e. The van der Waals surface area contributed by atoms with E-state index in [1.165, 1.54) is 0 Å². The average Bonchev–Trinajstić information content (AvgIpc) is 2.21. The number of rotatable bonds is 4. The lowest BCUT2D eigenvalue weighted by Gasteiger charge is -2.10. The predicted octanol–water partition coefficient (Wildman–Crippen LogP) is 2.17. The molecule has 0 atom stereocenters. The summed E-state index contributed by atoms with van der Waals surface area (Å²) in [6, 6.07) is 5.86. The molecular formula is C11H15BrN2O. The van der Waals surface area contributed by atoms with Crippen molar-refractivity contribution >= 4 is 27.5 Å². The summed E-state index contributed by atoms with van der Waals surface area (Å²) in [5.74, 6) is -0.0190. The molecule has 0 fully saturated rings. The number of carbonyl (C=O) groups is 1. The van der Waals surface area contributed by atoms with Crippen molar-refractivity contribution in [1.29, 1.82) is 0 Å². The van der Waals surface area contributed by atoms with Crippen LogP contribution in [0, 0.1) is 0 Å². The SMILES string of the molecule is CCc1cc(Br)ccc1NC(=O)CNC. The fraction of sp³-hybridized carbons (Fsp3) is 0.364. The van der Waals surface area contributed by atoms with Gasteiger partial charge in [0.2, 0.25) is 5.91 Å². The van der Waals surface area contributed by atoms with Crippen LogP contribution in [0.2, 0.25) is 0 Å². The molecule has 0 aliphatic heterocycles. The van der Waals surface area contributed by atoms with Crippen LogP contribution in [0.25, 0.3) is 0 Å². The van der Waals surface area contributed by atoms with Crippen LogP contribution in [0.15, 0.2) is 22.7 Å². The zero-order valence-electron chi connectivity index (χ0n) is 8.93. The lowest BCUT2D eigenvalue weighted by molar-refractivity contribution is -0.115. The Hall–Kier alpha value is -0.870. The van der Waals surface area contributed by atoms with Crippen LogP contribution < -0.4 is 10.6 Å². The number of halogens is 1. The van der Waals surface area contributed by atoms with Crippen molar-refractivity contribution in [3.05, 3.63) is 28.2 Å². The Labute approximate surface area is 98.4 Å².